The number of carbonyl (C=O) groups excluding carboxylic acids is 1. The molecule has 3 N–H and O–H groups in total. The predicted molar refractivity (Wildman–Crippen MR) is 146 cm³/mol. The van der Waals surface area contributed by atoms with Crippen LogP contribution >= 0.6 is 11.6 Å². The first-order chi connectivity index (χ1) is 18.9. The Hall–Kier alpha value is -4.15. The molecule has 3 heterocycles. The van der Waals surface area contributed by atoms with Crippen LogP contribution < -0.4 is 26.2 Å². The molecule has 0 aliphatic carbocycles. The molecule has 0 spiro atoms. The number of amides is 1. The number of halogens is 2. The van der Waals surface area contributed by atoms with Gasteiger partial charge < -0.3 is 30.0 Å². The van der Waals surface area contributed by atoms with Crippen LogP contribution in [0.4, 0.5) is 16.0 Å². The number of benzene rings is 2. The Morgan fingerprint density at radius 2 is 1.87 bits per heavy atom. The number of rotatable bonds is 8. The molecule has 0 bridgehead atoms. The highest BCUT2D eigenvalue weighted by Crippen LogP contribution is 2.22. The number of ether oxygens (including phenoxy) is 2. The summed E-state index contributed by atoms with van der Waals surface area (Å²) in [5, 5.41) is 9.53. The summed E-state index contributed by atoms with van der Waals surface area (Å²) in [7, 11) is 0. The lowest BCUT2D eigenvalue weighted by atomic mass is 10.1. The first-order valence-electron chi connectivity index (χ1n) is 12.5. The van der Waals surface area contributed by atoms with E-state index < -0.39 is 11.5 Å². The van der Waals surface area contributed by atoms with E-state index in [2.05, 4.69) is 20.9 Å². The third-order valence-electron chi connectivity index (χ3n) is 6.25. The number of dihydropyridines is 1. The minimum absolute atomic E-state index is 0.0384. The van der Waals surface area contributed by atoms with Crippen molar-refractivity contribution in [3.05, 3.63) is 105 Å². The maximum Gasteiger partial charge on any atom is 0.287 e. The molecule has 1 saturated heterocycles. The van der Waals surface area contributed by atoms with Crippen LogP contribution in [0.2, 0.25) is 5.02 Å². The molecule has 0 saturated carbocycles. The van der Waals surface area contributed by atoms with Gasteiger partial charge in [0.05, 0.1) is 13.1 Å². The summed E-state index contributed by atoms with van der Waals surface area (Å²) in [5.74, 6) is 0.513. The van der Waals surface area contributed by atoms with Crippen molar-refractivity contribution in [1.29, 1.82) is 0 Å². The third-order valence-corrected chi connectivity index (χ3v) is 6.50. The number of allylic oxidation sites excluding steroid dienone is 2. The van der Waals surface area contributed by atoms with Crippen LogP contribution in [0.15, 0.2) is 83.4 Å². The van der Waals surface area contributed by atoms with E-state index in [1.54, 1.807) is 41.0 Å². The minimum atomic E-state index is -0.634. The van der Waals surface area contributed by atoms with Crippen LogP contribution in [0.3, 0.4) is 0 Å². The number of hydrogen-bond donors (Lipinski definition) is 3. The fourth-order valence-corrected chi connectivity index (χ4v) is 4.27. The van der Waals surface area contributed by atoms with Gasteiger partial charge in [-0.2, -0.15) is 4.98 Å². The van der Waals surface area contributed by atoms with Crippen molar-refractivity contribution < 1.29 is 18.7 Å². The van der Waals surface area contributed by atoms with E-state index in [0.29, 0.717) is 54.9 Å². The van der Waals surface area contributed by atoms with Crippen molar-refractivity contribution in [2.75, 3.05) is 25.1 Å². The largest absolute Gasteiger partial charge is 0.441 e. The summed E-state index contributed by atoms with van der Waals surface area (Å²) in [5.41, 5.74) is 0.884. The molecule has 2 aliphatic rings. The summed E-state index contributed by atoms with van der Waals surface area (Å²) in [6, 6.07) is 14.2. The lowest BCUT2D eigenvalue weighted by Crippen LogP contribution is -2.41. The Morgan fingerprint density at radius 1 is 1.13 bits per heavy atom. The lowest BCUT2D eigenvalue weighted by molar-refractivity contribution is 0.0695. The Labute approximate surface area is 229 Å². The van der Waals surface area contributed by atoms with E-state index in [0.717, 1.165) is 5.56 Å². The molecular weight excluding hydrogens is 525 g/mol. The van der Waals surface area contributed by atoms with E-state index in [9.17, 15) is 14.0 Å². The van der Waals surface area contributed by atoms with Gasteiger partial charge in [-0.3, -0.25) is 9.59 Å². The zero-order valence-electron chi connectivity index (χ0n) is 21.0. The molecule has 0 unspecified atom stereocenters. The van der Waals surface area contributed by atoms with Crippen LogP contribution in [0.5, 0.6) is 5.75 Å². The summed E-state index contributed by atoms with van der Waals surface area (Å²) in [6.07, 6.45) is 5.77. The molecule has 2 aliphatic heterocycles. The third kappa shape index (κ3) is 7.04. The molecule has 39 heavy (non-hydrogen) atoms. The highest BCUT2D eigenvalue weighted by Gasteiger charge is 2.21. The smallest absolute Gasteiger partial charge is 0.287 e. The Balaban J connectivity index is 1.37. The fourth-order valence-electron chi connectivity index (χ4n) is 4.15. The van der Waals surface area contributed by atoms with E-state index >= 15 is 0 Å². The van der Waals surface area contributed by atoms with Gasteiger partial charge in [-0.15, -0.1) is 0 Å². The van der Waals surface area contributed by atoms with Crippen molar-refractivity contribution in [3.8, 4) is 5.75 Å². The van der Waals surface area contributed by atoms with Crippen molar-refractivity contribution in [3.63, 3.8) is 0 Å². The minimum Gasteiger partial charge on any atom is -0.441 e. The van der Waals surface area contributed by atoms with Crippen LogP contribution in [-0.4, -0.2) is 41.3 Å². The number of carbonyl (C=O) groups is 1. The van der Waals surface area contributed by atoms with Gasteiger partial charge in [0.15, 0.2) is 5.88 Å². The normalized spacial score (nSPS) is 15.5. The molecule has 3 aromatic rings. The SMILES string of the molecule is O=C(NC1CCOCC1)c1cn(Cc2ccc(Cl)cc2)c(Nc2ccc(OC3=CC=C(F)CN3)cc2)nc1=O. The monoisotopic (exact) mass is 551 g/mol. The van der Waals surface area contributed by atoms with Gasteiger partial charge in [-0.05, 0) is 60.9 Å². The summed E-state index contributed by atoms with van der Waals surface area (Å²) in [6.45, 7) is 1.56. The van der Waals surface area contributed by atoms with Gasteiger partial charge in [-0.1, -0.05) is 23.7 Å². The topological polar surface area (TPSA) is 107 Å². The standard InChI is InChI=1S/C28H27ClFN5O4/c29-19-3-1-18(2-4-19)16-35-17-24(26(36)32-22-11-13-38-14-12-22)27(37)34-28(35)33-21-6-8-23(9-7-21)39-25-10-5-20(30)15-31-25/h1-10,17,22,31H,11-16H2,(H,32,36)(H,33,34,37). The van der Waals surface area contributed by atoms with Crippen molar-refractivity contribution in [2.45, 2.75) is 25.4 Å². The molecule has 9 nitrogen and oxygen atoms in total. The van der Waals surface area contributed by atoms with E-state index in [4.69, 9.17) is 21.1 Å². The molecule has 1 amide bonds. The zero-order chi connectivity index (χ0) is 27.2. The molecule has 1 fully saturated rings. The highest BCUT2D eigenvalue weighted by atomic mass is 35.5. The first kappa shape index (κ1) is 26.5. The van der Waals surface area contributed by atoms with Gasteiger partial charge in [0.2, 0.25) is 5.95 Å². The summed E-state index contributed by atoms with van der Waals surface area (Å²) in [4.78, 5) is 30.1. The van der Waals surface area contributed by atoms with Crippen molar-refractivity contribution >= 4 is 29.1 Å². The number of nitrogens with zero attached hydrogens (tertiary/aromatic N) is 2. The van der Waals surface area contributed by atoms with Crippen molar-refractivity contribution in [1.82, 2.24) is 20.2 Å². The van der Waals surface area contributed by atoms with E-state index in [1.165, 1.54) is 18.3 Å². The molecule has 2 aromatic carbocycles. The Morgan fingerprint density at radius 3 is 2.56 bits per heavy atom. The van der Waals surface area contributed by atoms with E-state index in [-0.39, 0.29) is 29.9 Å². The quantitative estimate of drug-likeness (QED) is 0.384. The molecule has 202 valence electrons. The van der Waals surface area contributed by atoms with Crippen LogP contribution in [0.1, 0.15) is 28.8 Å². The molecule has 11 heteroatoms. The summed E-state index contributed by atoms with van der Waals surface area (Å²) >= 11 is 6.04. The summed E-state index contributed by atoms with van der Waals surface area (Å²) < 4.78 is 26.0. The van der Waals surface area contributed by atoms with E-state index in [1.807, 2.05) is 12.1 Å². The molecule has 0 radical (unpaired) electrons. The fraction of sp³-hybridized carbons (Fsp3) is 0.250. The maximum atomic E-state index is 13.2. The zero-order valence-corrected chi connectivity index (χ0v) is 21.7. The average Bonchev–Trinajstić information content (AvgIpc) is 2.94. The van der Waals surface area contributed by atoms with Crippen molar-refractivity contribution in [2.24, 2.45) is 0 Å². The second kappa shape index (κ2) is 12.1. The van der Waals surface area contributed by atoms with Gasteiger partial charge >= 0.3 is 0 Å². The van der Waals surface area contributed by atoms with Gasteiger partial charge in [0, 0.05) is 42.2 Å². The van der Waals surface area contributed by atoms with Gasteiger partial charge in [-0.25, -0.2) is 4.39 Å². The van der Waals surface area contributed by atoms with Crippen LogP contribution in [0.25, 0.3) is 0 Å². The molecule has 0 atom stereocenters. The van der Waals surface area contributed by atoms with Crippen LogP contribution in [0, 0.1) is 0 Å². The number of hydrogen-bond acceptors (Lipinski definition) is 7. The highest BCUT2D eigenvalue weighted by molar-refractivity contribution is 6.30. The molecule has 1 aromatic heterocycles. The lowest BCUT2D eigenvalue weighted by Gasteiger charge is -2.23. The maximum absolute atomic E-state index is 13.2. The number of nitrogens with one attached hydrogen (secondary N) is 3. The second-order valence-electron chi connectivity index (χ2n) is 9.15. The van der Waals surface area contributed by atoms with Gasteiger partial charge in [0.25, 0.3) is 11.5 Å². The number of aromatic nitrogens is 2. The number of anilines is 2. The predicted octanol–water partition coefficient (Wildman–Crippen LogP) is 4.27. The Bertz CT molecular complexity index is 1450. The molecular formula is C28H27ClFN5O4. The van der Waals surface area contributed by atoms with Crippen LogP contribution in [-0.2, 0) is 11.3 Å². The van der Waals surface area contributed by atoms with Gasteiger partial charge in [0.1, 0.15) is 17.1 Å². The molecule has 5 rings (SSSR count). The Kier molecular flexibility index (Phi) is 8.24. The first-order valence-corrected chi connectivity index (χ1v) is 12.9. The average molecular weight is 552 g/mol. The second-order valence-corrected chi connectivity index (χ2v) is 9.58.